The Balaban J connectivity index is 1.68. The molecule has 1 saturated heterocycles. The second-order valence-electron chi connectivity index (χ2n) is 6.62. The van der Waals surface area contributed by atoms with Crippen LogP contribution in [0.4, 0.5) is 0 Å². The zero-order valence-corrected chi connectivity index (χ0v) is 18.3. The zero-order valence-electron chi connectivity index (χ0n) is 15.2. The van der Waals surface area contributed by atoms with Crippen LogP contribution in [0, 0.1) is 6.92 Å². The highest BCUT2D eigenvalue weighted by Crippen LogP contribution is 2.25. The molecule has 6 nitrogen and oxygen atoms in total. The van der Waals surface area contributed by atoms with Crippen LogP contribution < -0.4 is 0 Å². The highest BCUT2D eigenvalue weighted by molar-refractivity contribution is 7.89. The maximum Gasteiger partial charge on any atom is 0.243 e. The molecule has 0 bridgehead atoms. The first-order valence-electron chi connectivity index (χ1n) is 8.58. The Morgan fingerprint density at radius 3 is 1.96 bits per heavy atom. The zero-order chi connectivity index (χ0) is 20.5. The van der Waals surface area contributed by atoms with Crippen LogP contribution in [0.25, 0.3) is 0 Å². The molecular weight excluding hydrogens is 443 g/mol. The van der Waals surface area contributed by atoms with E-state index in [9.17, 15) is 16.8 Å². The summed E-state index contributed by atoms with van der Waals surface area (Å²) in [6.07, 6.45) is 0. The normalized spacial score (nSPS) is 17.0. The Bertz CT molecular complexity index is 1060. The molecule has 28 heavy (non-hydrogen) atoms. The Kier molecular flexibility index (Phi) is 6.38. The van der Waals surface area contributed by atoms with Gasteiger partial charge in [-0.25, -0.2) is 16.8 Å². The van der Waals surface area contributed by atoms with Crippen molar-refractivity contribution in [3.05, 3.63) is 63.6 Å². The monoisotopic (exact) mass is 462 g/mol. The highest BCUT2D eigenvalue weighted by Gasteiger charge is 2.33. The minimum Gasteiger partial charge on any atom is -0.212 e. The second-order valence-corrected chi connectivity index (χ2v) is 11.3. The lowest BCUT2D eigenvalue weighted by Crippen LogP contribution is -2.50. The average Bonchev–Trinajstić information content (AvgIpc) is 2.65. The number of piperazine rings is 1. The van der Waals surface area contributed by atoms with Gasteiger partial charge in [0.25, 0.3) is 0 Å². The molecule has 0 radical (unpaired) electrons. The Hall–Kier alpha value is -1.16. The molecule has 1 fully saturated rings. The van der Waals surface area contributed by atoms with Gasteiger partial charge < -0.3 is 0 Å². The van der Waals surface area contributed by atoms with E-state index in [1.165, 1.54) is 14.7 Å². The lowest BCUT2D eigenvalue weighted by molar-refractivity contribution is 0.272. The highest BCUT2D eigenvalue weighted by atomic mass is 35.5. The fourth-order valence-corrected chi connectivity index (χ4v) is 6.22. The molecule has 0 aromatic heterocycles. The maximum absolute atomic E-state index is 12.7. The molecular formula is C18H20Cl2N2O4S2. The first kappa shape index (κ1) is 21.5. The molecule has 0 spiro atoms. The van der Waals surface area contributed by atoms with Gasteiger partial charge in [-0.3, -0.25) is 0 Å². The third-order valence-electron chi connectivity index (χ3n) is 4.58. The van der Waals surface area contributed by atoms with Gasteiger partial charge in [0, 0.05) is 26.2 Å². The van der Waals surface area contributed by atoms with Crippen LogP contribution in [0.1, 0.15) is 11.1 Å². The standard InChI is InChI=1S/C18H20Cl2N2O4S2/c1-14-2-5-16(6-3-14)28(25,26)22-10-8-21(9-11-22)27(23,24)13-15-4-7-17(19)18(20)12-15/h2-7,12H,8-11,13H2,1H3. The number of aryl methyl sites for hydroxylation is 1. The summed E-state index contributed by atoms with van der Waals surface area (Å²) in [4.78, 5) is 0.213. The molecule has 2 aromatic carbocycles. The van der Waals surface area contributed by atoms with Crippen LogP contribution in [-0.4, -0.2) is 51.6 Å². The third-order valence-corrected chi connectivity index (χ3v) is 9.08. The van der Waals surface area contributed by atoms with E-state index >= 15 is 0 Å². The number of hydrogen-bond donors (Lipinski definition) is 0. The van der Waals surface area contributed by atoms with Gasteiger partial charge in [-0.2, -0.15) is 8.61 Å². The molecule has 1 aliphatic heterocycles. The van der Waals surface area contributed by atoms with Crippen molar-refractivity contribution in [2.24, 2.45) is 0 Å². The van der Waals surface area contributed by atoms with Gasteiger partial charge in [-0.05, 0) is 36.8 Å². The van der Waals surface area contributed by atoms with Gasteiger partial charge in [0.1, 0.15) is 0 Å². The topological polar surface area (TPSA) is 74.8 Å². The molecule has 0 unspecified atom stereocenters. The van der Waals surface area contributed by atoms with Crippen LogP contribution in [0.5, 0.6) is 0 Å². The van der Waals surface area contributed by atoms with E-state index in [2.05, 4.69) is 0 Å². The molecule has 0 atom stereocenters. The van der Waals surface area contributed by atoms with E-state index in [0.717, 1.165) is 5.56 Å². The van der Waals surface area contributed by atoms with Crippen molar-refractivity contribution in [1.82, 2.24) is 8.61 Å². The van der Waals surface area contributed by atoms with E-state index in [1.54, 1.807) is 36.4 Å². The molecule has 10 heteroatoms. The van der Waals surface area contributed by atoms with E-state index in [4.69, 9.17) is 23.2 Å². The summed E-state index contributed by atoms with van der Waals surface area (Å²) >= 11 is 11.8. The van der Waals surface area contributed by atoms with Gasteiger partial charge in [0.05, 0.1) is 20.7 Å². The van der Waals surface area contributed by atoms with Crippen LogP contribution in [-0.2, 0) is 25.8 Å². The largest absolute Gasteiger partial charge is 0.243 e. The fourth-order valence-electron chi connectivity index (χ4n) is 2.98. The van der Waals surface area contributed by atoms with Gasteiger partial charge >= 0.3 is 0 Å². The van der Waals surface area contributed by atoms with Crippen molar-refractivity contribution in [3.63, 3.8) is 0 Å². The number of halogens is 2. The second kappa shape index (κ2) is 8.30. The van der Waals surface area contributed by atoms with E-state index < -0.39 is 20.0 Å². The number of sulfonamides is 2. The van der Waals surface area contributed by atoms with Gasteiger partial charge in [-0.1, -0.05) is 47.0 Å². The van der Waals surface area contributed by atoms with Crippen molar-refractivity contribution >= 4 is 43.2 Å². The number of hydrogen-bond acceptors (Lipinski definition) is 4. The van der Waals surface area contributed by atoms with Crippen molar-refractivity contribution < 1.29 is 16.8 Å². The van der Waals surface area contributed by atoms with Gasteiger partial charge in [-0.15, -0.1) is 0 Å². The SMILES string of the molecule is Cc1ccc(S(=O)(=O)N2CCN(S(=O)(=O)Cc3ccc(Cl)c(Cl)c3)CC2)cc1. The predicted molar refractivity (Wildman–Crippen MR) is 111 cm³/mol. The molecule has 0 N–H and O–H groups in total. The molecule has 1 heterocycles. The van der Waals surface area contributed by atoms with Crippen molar-refractivity contribution in [3.8, 4) is 0 Å². The lowest BCUT2D eigenvalue weighted by atomic mass is 10.2. The summed E-state index contributed by atoms with van der Waals surface area (Å²) in [5.74, 6) is -0.214. The minimum absolute atomic E-state index is 0.106. The smallest absolute Gasteiger partial charge is 0.212 e. The van der Waals surface area contributed by atoms with Crippen LogP contribution in [0.3, 0.4) is 0 Å². The lowest BCUT2D eigenvalue weighted by Gasteiger charge is -2.33. The average molecular weight is 463 g/mol. The molecule has 0 amide bonds. The van der Waals surface area contributed by atoms with E-state index in [1.807, 2.05) is 6.92 Å². The minimum atomic E-state index is -3.64. The van der Waals surface area contributed by atoms with Gasteiger partial charge in [0.2, 0.25) is 20.0 Å². The van der Waals surface area contributed by atoms with Gasteiger partial charge in [0.15, 0.2) is 0 Å². The van der Waals surface area contributed by atoms with Crippen molar-refractivity contribution in [2.75, 3.05) is 26.2 Å². The Morgan fingerprint density at radius 2 is 1.39 bits per heavy atom. The first-order chi connectivity index (χ1) is 13.1. The fraction of sp³-hybridized carbons (Fsp3) is 0.333. The summed E-state index contributed by atoms with van der Waals surface area (Å²) in [5, 5.41) is 0.654. The van der Waals surface area contributed by atoms with Crippen LogP contribution in [0.15, 0.2) is 47.4 Å². The number of benzene rings is 2. The van der Waals surface area contributed by atoms with Crippen LogP contribution >= 0.6 is 23.2 Å². The molecule has 2 aromatic rings. The maximum atomic E-state index is 12.7. The molecule has 152 valence electrons. The third kappa shape index (κ3) is 4.69. The van der Waals surface area contributed by atoms with Crippen molar-refractivity contribution in [1.29, 1.82) is 0 Å². The summed E-state index contributed by atoms with van der Waals surface area (Å²) < 4.78 is 53.5. The molecule has 0 saturated carbocycles. The van der Waals surface area contributed by atoms with E-state index in [0.29, 0.717) is 15.6 Å². The predicted octanol–water partition coefficient (Wildman–Crippen LogP) is 3.14. The van der Waals surface area contributed by atoms with Crippen LogP contribution in [0.2, 0.25) is 10.0 Å². The summed E-state index contributed by atoms with van der Waals surface area (Å²) in [6, 6.07) is 11.3. The number of nitrogens with zero attached hydrogens (tertiary/aromatic N) is 2. The summed E-state index contributed by atoms with van der Waals surface area (Å²) in [5.41, 5.74) is 1.50. The Morgan fingerprint density at radius 1 is 0.821 bits per heavy atom. The first-order valence-corrected chi connectivity index (χ1v) is 12.4. The molecule has 3 rings (SSSR count). The Labute approximate surface area is 175 Å². The van der Waals surface area contributed by atoms with Crippen molar-refractivity contribution in [2.45, 2.75) is 17.6 Å². The molecule has 1 aliphatic rings. The van der Waals surface area contributed by atoms with E-state index in [-0.39, 0.29) is 36.8 Å². The quantitative estimate of drug-likeness (QED) is 0.683. The summed E-state index contributed by atoms with van der Waals surface area (Å²) in [7, 11) is -7.23. The number of rotatable bonds is 5. The molecule has 0 aliphatic carbocycles. The summed E-state index contributed by atoms with van der Waals surface area (Å²) in [6.45, 7) is 2.31.